The molecule has 0 amide bonds. The predicted molar refractivity (Wildman–Crippen MR) is 81.3 cm³/mol. The number of benzene rings is 1. The molecule has 0 aliphatic carbocycles. The van der Waals surface area contributed by atoms with Crippen LogP contribution in [0, 0.1) is 12.8 Å². The predicted octanol–water partition coefficient (Wildman–Crippen LogP) is 2.69. The molecule has 1 heterocycles. The highest BCUT2D eigenvalue weighted by molar-refractivity contribution is 5.79. The zero-order valence-corrected chi connectivity index (χ0v) is 12.5. The van der Waals surface area contributed by atoms with E-state index in [0.29, 0.717) is 12.0 Å². The van der Waals surface area contributed by atoms with Crippen molar-refractivity contribution in [3.8, 4) is 0 Å². The maximum Gasteiger partial charge on any atom is 0.107 e. The number of hydrogen-bond donors (Lipinski definition) is 1. The molecule has 1 aromatic carbocycles. The van der Waals surface area contributed by atoms with E-state index < -0.39 is 0 Å². The average molecular weight is 260 g/mol. The Balaban J connectivity index is 2.55. The van der Waals surface area contributed by atoms with E-state index in [2.05, 4.69) is 55.4 Å². The van der Waals surface area contributed by atoms with Crippen LogP contribution in [0.25, 0.3) is 11.0 Å². The van der Waals surface area contributed by atoms with Crippen LogP contribution in [-0.4, -0.2) is 35.1 Å². The second-order valence-electron chi connectivity index (χ2n) is 5.85. The second kappa shape index (κ2) is 5.21. The number of anilines is 1. The van der Waals surface area contributed by atoms with Crippen LogP contribution in [-0.2, 0) is 0 Å². The molecule has 2 N–H and O–H groups in total. The average Bonchev–Trinajstić information content (AvgIpc) is 2.60. The number of aryl methyl sites for hydroxylation is 1. The molecule has 0 saturated carbocycles. The minimum atomic E-state index is 0.420. The highest BCUT2D eigenvalue weighted by Gasteiger charge is 2.21. The molecule has 104 valence electrons. The molecule has 0 aliphatic heterocycles. The van der Waals surface area contributed by atoms with E-state index in [-0.39, 0.29) is 0 Å². The van der Waals surface area contributed by atoms with Gasteiger partial charge in [0.1, 0.15) is 5.82 Å². The third-order valence-corrected chi connectivity index (χ3v) is 3.54. The standard InChI is InChI=1S/C15H24N4/c1-10(2)15(9-18(4)5)19-11(3)17-13-8-12(16)6-7-14(13)19/h6-8,10,15H,9,16H2,1-5H3. The van der Waals surface area contributed by atoms with Crippen molar-refractivity contribution in [2.45, 2.75) is 26.8 Å². The molecule has 0 radical (unpaired) electrons. The minimum Gasteiger partial charge on any atom is -0.399 e. The summed E-state index contributed by atoms with van der Waals surface area (Å²) in [6, 6.07) is 6.40. The Morgan fingerprint density at radius 1 is 1.32 bits per heavy atom. The molecule has 0 bridgehead atoms. The molecule has 2 aromatic rings. The summed E-state index contributed by atoms with van der Waals surface area (Å²) in [4.78, 5) is 6.88. The lowest BCUT2D eigenvalue weighted by Crippen LogP contribution is -2.28. The van der Waals surface area contributed by atoms with E-state index >= 15 is 0 Å². The zero-order valence-electron chi connectivity index (χ0n) is 12.5. The van der Waals surface area contributed by atoms with Crippen LogP contribution < -0.4 is 5.73 Å². The van der Waals surface area contributed by atoms with Crippen LogP contribution in [0.1, 0.15) is 25.7 Å². The number of rotatable bonds is 4. The topological polar surface area (TPSA) is 47.1 Å². The van der Waals surface area contributed by atoms with Crippen LogP contribution >= 0.6 is 0 Å². The molecule has 4 nitrogen and oxygen atoms in total. The van der Waals surface area contributed by atoms with Gasteiger partial charge in [-0.25, -0.2) is 4.98 Å². The first-order valence-electron chi connectivity index (χ1n) is 6.79. The Kier molecular flexibility index (Phi) is 3.80. The van der Waals surface area contributed by atoms with Crippen LogP contribution in [0.3, 0.4) is 0 Å². The fourth-order valence-corrected chi connectivity index (χ4v) is 2.62. The summed E-state index contributed by atoms with van der Waals surface area (Å²) in [5, 5.41) is 0. The van der Waals surface area contributed by atoms with Gasteiger partial charge in [0, 0.05) is 12.2 Å². The maximum atomic E-state index is 5.84. The number of hydrogen-bond acceptors (Lipinski definition) is 3. The van der Waals surface area contributed by atoms with Gasteiger partial charge >= 0.3 is 0 Å². The SMILES string of the molecule is Cc1nc2cc(N)ccc2n1C(CN(C)C)C(C)C. The van der Waals surface area contributed by atoms with Crippen molar-refractivity contribution in [1.29, 1.82) is 0 Å². The van der Waals surface area contributed by atoms with Gasteiger partial charge in [0.2, 0.25) is 0 Å². The van der Waals surface area contributed by atoms with Gasteiger partial charge in [-0.05, 0) is 45.1 Å². The Morgan fingerprint density at radius 2 is 2.00 bits per heavy atom. The third kappa shape index (κ3) is 2.73. The number of imidazole rings is 1. The van der Waals surface area contributed by atoms with Crippen molar-refractivity contribution < 1.29 is 0 Å². The van der Waals surface area contributed by atoms with Crippen molar-refractivity contribution in [3.05, 3.63) is 24.0 Å². The summed E-state index contributed by atoms with van der Waals surface area (Å²) in [6.45, 7) is 7.60. The molecular formula is C15H24N4. The fraction of sp³-hybridized carbons (Fsp3) is 0.533. The molecule has 0 aliphatic rings. The van der Waals surface area contributed by atoms with Gasteiger partial charge in [-0.15, -0.1) is 0 Å². The molecule has 0 saturated heterocycles. The summed E-state index contributed by atoms with van der Waals surface area (Å²) in [7, 11) is 4.23. The molecule has 19 heavy (non-hydrogen) atoms. The van der Waals surface area contributed by atoms with E-state index in [1.54, 1.807) is 0 Å². The highest BCUT2D eigenvalue weighted by Crippen LogP contribution is 2.27. The second-order valence-corrected chi connectivity index (χ2v) is 5.85. The van der Waals surface area contributed by atoms with E-state index in [1.807, 2.05) is 12.1 Å². The van der Waals surface area contributed by atoms with Crippen molar-refractivity contribution >= 4 is 16.7 Å². The molecular weight excluding hydrogens is 236 g/mol. The van der Waals surface area contributed by atoms with Crippen LogP contribution in [0.4, 0.5) is 5.69 Å². The number of likely N-dealkylation sites (N-methyl/N-ethyl adjacent to an activating group) is 1. The maximum absolute atomic E-state index is 5.84. The summed E-state index contributed by atoms with van der Waals surface area (Å²) >= 11 is 0. The Bertz CT molecular complexity index is 569. The normalized spacial score (nSPS) is 13.6. The lowest BCUT2D eigenvalue weighted by Gasteiger charge is -2.27. The van der Waals surface area contributed by atoms with Crippen LogP contribution in [0.15, 0.2) is 18.2 Å². The fourth-order valence-electron chi connectivity index (χ4n) is 2.62. The first kappa shape index (κ1) is 13.9. The zero-order chi connectivity index (χ0) is 14.2. The van der Waals surface area contributed by atoms with E-state index in [9.17, 15) is 0 Å². The monoisotopic (exact) mass is 260 g/mol. The molecule has 0 fully saturated rings. The smallest absolute Gasteiger partial charge is 0.107 e. The van der Waals surface area contributed by atoms with Crippen molar-refractivity contribution in [3.63, 3.8) is 0 Å². The largest absolute Gasteiger partial charge is 0.399 e. The molecule has 4 heteroatoms. The Labute approximate surface area is 115 Å². The lowest BCUT2D eigenvalue weighted by atomic mass is 10.0. The Morgan fingerprint density at radius 3 is 2.58 bits per heavy atom. The minimum absolute atomic E-state index is 0.420. The van der Waals surface area contributed by atoms with Gasteiger partial charge < -0.3 is 15.2 Å². The van der Waals surface area contributed by atoms with Gasteiger partial charge in [-0.3, -0.25) is 0 Å². The first-order chi connectivity index (χ1) is 8.90. The van der Waals surface area contributed by atoms with E-state index in [4.69, 9.17) is 5.73 Å². The number of aromatic nitrogens is 2. The van der Waals surface area contributed by atoms with Crippen molar-refractivity contribution in [1.82, 2.24) is 14.5 Å². The summed E-state index contributed by atoms with van der Waals surface area (Å²) in [5.41, 5.74) is 8.77. The molecule has 0 spiro atoms. The molecule has 1 atom stereocenters. The highest BCUT2D eigenvalue weighted by atomic mass is 15.2. The lowest BCUT2D eigenvalue weighted by molar-refractivity contribution is 0.270. The van der Waals surface area contributed by atoms with Gasteiger partial charge in [0.15, 0.2) is 0 Å². The number of nitrogen functional groups attached to an aromatic ring is 1. The first-order valence-corrected chi connectivity index (χ1v) is 6.79. The van der Waals surface area contributed by atoms with Crippen molar-refractivity contribution in [2.75, 3.05) is 26.4 Å². The van der Waals surface area contributed by atoms with Gasteiger partial charge in [-0.1, -0.05) is 13.8 Å². The Hall–Kier alpha value is -1.55. The summed E-state index contributed by atoms with van der Waals surface area (Å²) in [5.74, 6) is 1.61. The molecule has 1 unspecified atom stereocenters. The van der Waals surface area contributed by atoms with Gasteiger partial charge in [0.25, 0.3) is 0 Å². The van der Waals surface area contributed by atoms with Crippen LogP contribution in [0.5, 0.6) is 0 Å². The summed E-state index contributed by atoms with van der Waals surface area (Å²) < 4.78 is 2.35. The van der Waals surface area contributed by atoms with Crippen LogP contribution in [0.2, 0.25) is 0 Å². The number of fused-ring (bicyclic) bond motifs is 1. The number of nitrogens with zero attached hydrogens (tertiary/aromatic N) is 3. The number of nitrogens with two attached hydrogens (primary N) is 1. The van der Waals surface area contributed by atoms with Crippen molar-refractivity contribution in [2.24, 2.45) is 5.92 Å². The molecule has 1 aromatic heterocycles. The third-order valence-electron chi connectivity index (χ3n) is 3.54. The summed E-state index contributed by atoms with van der Waals surface area (Å²) in [6.07, 6.45) is 0. The van der Waals surface area contributed by atoms with Gasteiger partial charge in [0.05, 0.1) is 17.1 Å². The quantitative estimate of drug-likeness (QED) is 0.860. The van der Waals surface area contributed by atoms with E-state index in [1.165, 1.54) is 5.52 Å². The van der Waals surface area contributed by atoms with Gasteiger partial charge in [-0.2, -0.15) is 0 Å². The van der Waals surface area contributed by atoms with E-state index in [0.717, 1.165) is 23.6 Å². The molecule has 2 rings (SSSR count).